The van der Waals surface area contributed by atoms with Crippen LogP contribution in [0.1, 0.15) is 42.4 Å². The molecule has 1 aliphatic rings. The molecule has 1 aliphatic carbocycles. The summed E-state index contributed by atoms with van der Waals surface area (Å²) in [4.78, 5) is 20.9. The zero-order chi connectivity index (χ0) is 24.9. The van der Waals surface area contributed by atoms with Crippen molar-refractivity contribution in [2.45, 2.75) is 39.8 Å². The third-order valence-electron chi connectivity index (χ3n) is 6.80. The number of fused-ring (bicyclic) bond motifs is 1. The smallest absolute Gasteiger partial charge is 0.307 e. The zero-order valence-corrected chi connectivity index (χ0v) is 21.2. The molecule has 2 aromatic carbocycles. The molecule has 0 bridgehead atoms. The van der Waals surface area contributed by atoms with Crippen molar-refractivity contribution in [3.8, 4) is 5.75 Å². The van der Waals surface area contributed by atoms with Gasteiger partial charge in [-0.25, -0.2) is 9.37 Å². The van der Waals surface area contributed by atoms with Crippen molar-refractivity contribution >= 4 is 32.9 Å². The largest absolute Gasteiger partial charge is 0.487 e. The van der Waals surface area contributed by atoms with E-state index in [1.807, 2.05) is 50.2 Å². The van der Waals surface area contributed by atoms with Crippen LogP contribution < -0.4 is 4.74 Å². The minimum Gasteiger partial charge on any atom is -0.487 e. The maximum absolute atomic E-state index is 14.2. The topological polar surface area (TPSA) is 77.2 Å². The van der Waals surface area contributed by atoms with E-state index >= 15 is 0 Å². The highest BCUT2D eigenvalue weighted by Crippen LogP contribution is 2.64. The van der Waals surface area contributed by atoms with Gasteiger partial charge in [0, 0.05) is 29.2 Å². The lowest BCUT2D eigenvalue weighted by atomic mass is 10.1. The first kappa shape index (κ1) is 23.5. The second-order valence-corrected chi connectivity index (χ2v) is 10.6. The summed E-state index contributed by atoms with van der Waals surface area (Å²) in [5, 5.41) is 9.77. The number of hydrogen-bond acceptors (Lipinski definition) is 4. The van der Waals surface area contributed by atoms with Crippen molar-refractivity contribution in [1.29, 1.82) is 0 Å². The van der Waals surface area contributed by atoms with Gasteiger partial charge in [0.15, 0.2) is 0 Å². The minimum absolute atomic E-state index is 0.00205. The fourth-order valence-electron chi connectivity index (χ4n) is 4.79. The van der Waals surface area contributed by atoms with E-state index in [0.717, 1.165) is 32.5 Å². The van der Waals surface area contributed by atoms with Crippen LogP contribution in [0.25, 0.3) is 11.0 Å². The van der Waals surface area contributed by atoms with Crippen molar-refractivity contribution in [2.75, 3.05) is 0 Å². The molecule has 180 valence electrons. The van der Waals surface area contributed by atoms with Crippen molar-refractivity contribution < 1.29 is 19.0 Å². The molecule has 0 amide bonds. The van der Waals surface area contributed by atoms with Crippen LogP contribution in [0, 0.1) is 24.1 Å². The molecule has 1 fully saturated rings. The number of aromatic nitrogens is 3. The van der Waals surface area contributed by atoms with E-state index in [2.05, 4.69) is 25.5 Å². The van der Waals surface area contributed by atoms with E-state index in [9.17, 15) is 14.3 Å². The number of carbonyl (C=O) groups is 1. The summed E-state index contributed by atoms with van der Waals surface area (Å²) >= 11 is 3.47. The molecule has 0 unspecified atom stereocenters. The maximum Gasteiger partial charge on any atom is 0.307 e. The van der Waals surface area contributed by atoms with Gasteiger partial charge in [-0.3, -0.25) is 9.78 Å². The maximum atomic E-state index is 14.2. The summed E-state index contributed by atoms with van der Waals surface area (Å²) in [6, 6.07) is 15.0. The molecule has 2 atom stereocenters. The van der Waals surface area contributed by atoms with Crippen LogP contribution in [-0.4, -0.2) is 25.6 Å². The number of halogens is 2. The number of aryl methyl sites for hydroxylation is 1. The Hall–Kier alpha value is -3.26. The van der Waals surface area contributed by atoms with E-state index in [1.54, 1.807) is 19.2 Å². The van der Waals surface area contributed by atoms with Crippen LogP contribution >= 0.6 is 15.9 Å². The highest BCUT2D eigenvalue weighted by Gasteiger charge is 2.64. The lowest BCUT2D eigenvalue weighted by Crippen LogP contribution is -2.07. The molecule has 1 N–H and O–H groups in total. The molecular weight excluding hydrogens is 513 g/mol. The number of imidazole rings is 1. The van der Waals surface area contributed by atoms with Gasteiger partial charge in [-0.2, -0.15) is 0 Å². The van der Waals surface area contributed by atoms with Crippen molar-refractivity contribution in [2.24, 2.45) is 11.3 Å². The molecule has 1 saturated carbocycles. The lowest BCUT2D eigenvalue weighted by Gasteiger charge is -2.12. The summed E-state index contributed by atoms with van der Waals surface area (Å²) in [6.07, 6.45) is 1.61. The quantitative estimate of drug-likeness (QED) is 0.308. The highest BCUT2D eigenvalue weighted by molar-refractivity contribution is 9.10. The Morgan fingerprint density at radius 1 is 1.20 bits per heavy atom. The molecule has 35 heavy (non-hydrogen) atoms. The molecule has 8 heteroatoms. The fraction of sp³-hybridized carbons (Fsp3) is 0.296. The molecule has 5 rings (SSSR count). The van der Waals surface area contributed by atoms with Gasteiger partial charge in [0.25, 0.3) is 0 Å². The van der Waals surface area contributed by atoms with Crippen LogP contribution in [0.2, 0.25) is 0 Å². The van der Waals surface area contributed by atoms with E-state index in [4.69, 9.17) is 9.72 Å². The average Bonchev–Trinajstić information content (AvgIpc) is 3.22. The van der Waals surface area contributed by atoms with E-state index in [1.165, 1.54) is 6.07 Å². The van der Waals surface area contributed by atoms with Gasteiger partial charge in [-0.05, 0) is 53.8 Å². The Labute approximate surface area is 210 Å². The van der Waals surface area contributed by atoms with Gasteiger partial charge in [0.1, 0.15) is 29.7 Å². The monoisotopic (exact) mass is 537 g/mol. The highest BCUT2D eigenvalue weighted by atomic mass is 79.9. The van der Waals surface area contributed by atoms with Gasteiger partial charge in [0.05, 0.1) is 17.0 Å². The second-order valence-electron chi connectivity index (χ2n) is 9.68. The first-order chi connectivity index (χ1) is 16.6. The van der Waals surface area contributed by atoms with Gasteiger partial charge >= 0.3 is 5.97 Å². The summed E-state index contributed by atoms with van der Waals surface area (Å²) < 4.78 is 23.2. The lowest BCUT2D eigenvalue weighted by molar-refractivity contribution is -0.139. The SMILES string of the molecule is Cc1cnc(COc2ccc3nc([C@@H]4[C@H](C(=O)O)C4(C)C)n(Cc4ccc(Br)cc4)c3c2)c(F)c1. The van der Waals surface area contributed by atoms with Gasteiger partial charge in [-0.1, -0.05) is 41.9 Å². The number of aliphatic carboxylic acids is 1. The predicted octanol–water partition coefficient (Wildman–Crippen LogP) is 6.09. The molecule has 2 heterocycles. The number of rotatable bonds is 7. The van der Waals surface area contributed by atoms with Crippen LogP contribution in [0.15, 0.2) is 59.2 Å². The summed E-state index contributed by atoms with van der Waals surface area (Å²) in [5.41, 5.74) is 3.26. The Morgan fingerprint density at radius 3 is 2.60 bits per heavy atom. The van der Waals surface area contributed by atoms with Gasteiger partial charge in [0.2, 0.25) is 0 Å². The van der Waals surface area contributed by atoms with Crippen molar-refractivity contribution in [3.05, 3.63) is 87.7 Å². The molecule has 0 saturated heterocycles. The molecule has 0 aliphatic heterocycles. The van der Waals surface area contributed by atoms with Crippen LogP contribution in [0.5, 0.6) is 5.75 Å². The second kappa shape index (κ2) is 8.75. The number of nitrogens with zero attached hydrogens (tertiary/aromatic N) is 3. The molecule has 2 aromatic heterocycles. The Morgan fingerprint density at radius 2 is 1.94 bits per heavy atom. The average molecular weight is 538 g/mol. The number of carboxylic acid groups (broad SMARTS) is 1. The van der Waals surface area contributed by atoms with Crippen LogP contribution in [0.3, 0.4) is 0 Å². The van der Waals surface area contributed by atoms with E-state index < -0.39 is 23.1 Å². The van der Waals surface area contributed by atoms with E-state index in [0.29, 0.717) is 12.3 Å². The molecule has 6 nitrogen and oxygen atoms in total. The molecule has 0 spiro atoms. The summed E-state index contributed by atoms with van der Waals surface area (Å²) in [5.74, 6) is -0.577. The molecular formula is C27H25BrFN3O3. The number of ether oxygens (including phenoxy) is 1. The van der Waals surface area contributed by atoms with Crippen molar-refractivity contribution in [1.82, 2.24) is 14.5 Å². The standard InChI is InChI=1S/C27H25BrFN3O3/c1-15-10-19(29)21(30-12-15)14-35-18-8-9-20-22(11-18)32(13-16-4-6-17(28)7-5-16)25(31-20)23-24(26(33)34)27(23,2)3/h4-12,23-24H,13-14H2,1-3H3,(H,33,34)/t23-,24+/m0/s1. The number of hydrogen-bond donors (Lipinski definition) is 1. The van der Waals surface area contributed by atoms with Crippen LogP contribution in [-0.2, 0) is 17.9 Å². The Balaban J connectivity index is 1.52. The van der Waals surface area contributed by atoms with Crippen LogP contribution in [0.4, 0.5) is 4.39 Å². The van der Waals surface area contributed by atoms with Gasteiger partial charge in [-0.15, -0.1) is 0 Å². The number of pyridine rings is 1. The first-order valence-corrected chi connectivity index (χ1v) is 12.2. The molecule has 0 radical (unpaired) electrons. The van der Waals surface area contributed by atoms with Gasteiger partial charge < -0.3 is 14.4 Å². The first-order valence-electron chi connectivity index (χ1n) is 11.4. The zero-order valence-electron chi connectivity index (χ0n) is 19.6. The molecule has 4 aromatic rings. The fourth-order valence-corrected chi connectivity index (χ4v) is 5.05. The number of carboxylic acids is 1. The summed E-state index contributed by atoms with van der Waals surface area (Å²) in [6.45, 7) is 6.27. The predicted molar refractivity (Wildman–Crippen MR) is 134 cm³/mol. The third kappa shape index (κ3) is 4.43. The normalized spacial score (nSPS) is 18.5. The summed E-state index contributed by atoms with van der Waals surface area (Å²) in [7, 11) is 0. The third-order valence-corrected chi connectivity index (χ3v) is 7.33. The Bertz CT molecular complexity index is 1430. The van der Waals surface area contributed by atoms with E-state index in [-0.39, 0.29) is 18.2 Å². The van der Waals surface area contributed by atoms with Crippen molar-refractivity contribution in [3.63, 3.8) is 0 Å². The Kier molecular flexibility index (Phi) is 5.87. The minimum atomic E-state index is -0.807. The number of benzene rings is 2.